The average Bonchev–Trinajstić information content (AvgIpc) is 3.04. The fraction of sp³-hybridized carbons (Fsp3) is 0.526. The topological polar surface area (TPSA) is 64.1 Å². The minimum Gasteiger partial charge on any atom is -0.494 e. The molecule has 5 nitrogen and oxygen atoms in total. The van der Waals surface area contributed by atoms with Crippen LogP contribution in [0.15, 0.2) is 28.6 Å². The number of nitrogens with zero attached hydrogens (tertiary/aromatic N) is 2. The first-order chi connectivity index (χ1) is 12.4. The summed E-state index contributed by atoms with van der Waals surface area (Å²) in [7, 11) is 0. The number of carbonyl (C=O) groups is 1. The highest BCUT2D eigenvalue weighted by molar-refractivity contribution is 8.01. The number of hydrogen-bond acceptors (Lipinski definition) is 6. The van der Waals surface area contributed by atoms with Crippen molar-refractivity contribution in [1.29, 1.82) is 0 Å². The molecule has 0 atom stereocenters. The van der Waals surface area contributed by atoms with Gasteiger partial charge in [-0.05, 0) is 36.0 Å². The number of aromatic nitrogens is 2. The summed E-state index contributed by atoms with van der Waals surface area (Å²) in [5.41, 5.74) is 1.41. The molecule has 1 heterocycles. The van der Waals surface area contributed by atoms with Crippen LogP contribution in [0, 0.1) is 0 Å². The van der Waals surface area contributed by atoms with Crippen molar-refractivity contribution in [2.45, 2.75) is 56.7 Å². The van der Waals surface area contributed by atoms with Gasteiger partial charge in [-0.15, -0.1) is 10.2 Å². The number of ether oxygens (including phenoxy) is 1. The van der Waals surface area contributed by atoms with Crippen LogP contribution in [0.4, 0.5) is 5.13 Å². The average molecular weight is 394 g/mol. The van der Waals surface area contributed by atoms with Crippen LogP contribution < -0.4 is 10.1 Å². The number of nitrogens with one attached hydrogen (secondary N) is 1. The predicted octanol–water partition coefficient (Wildman–Crippen LogP) is 5.14. The van der Waals surface area contributed by atoms with E-state index >= 15 is 0 Å². The first-order valence-electron chi connectivity index (χ1n) is 8.88. The lowest BCUT2D eigenvalue weighted by Crippen LogP contribution is -2.13. The Kier molecular flexibility index (Phi) is 7.90. The molecule has 142 valence electrons. The Morgan fingerprint density at radius 3 is 2.62 bits per heavy atom. The molecule has 1 aromatic carbocycles. The number of benzene rings is 1. The number of rotatable bonds is 9. The molecule has 26 heavy (non-hydrogen) atoms. The maximum absolute atomic E-state index is 12.0. The van der Waals surface area contributed by atoms with Gasteiger partial charge in [0.1, 0.15) is 5.75 Å². The SMILES string of the molecule is CCCSc1nnc(NC(=O)CCCOc2ccc(C(C)(C)C)cc2)s1. The normalized spacial score (nSPS) is 11.4. The Bertz CT molecular complexity index is 694. The van der Waals surface area contributed by atoms with Crippen molar-refractivity contribution < 1.29 is 9.53 Å². The molecule has 0 aliphatic carbocycles. The first-order valence-corrected chi connectivity index (χ1v) is 10.7. The van der Waals surface area contributed by atoms with Crippen LogP contribution in [-0.4, -0.2) is 28.5 Å². The van der Waals surface area contributed by atoms with E-state index in [0.29, 0.717) is 24.6 Å². The van der Waals surface area contributed by atoms with Crippen LogP contribution in [0.3, 0.4) is 0 Å². The molecule has 1 aromatic heterocycles. The number of carbonyl (C=O) groups excluding carboxylic acids is 1. The summed E-state index contributed by atoms with van der Waals surface area (Å²) in [6.45, 7) is 9.19. The molecule has 2 rings (SSSR count). The Balaban J connectivity index is 1.67. The third-order valence-corrected chi connectivity index (χ3v) is 5.80. The van der Waals surface area contributed by atoms with Crippen molar-refractivity contribution in [2.24, 2.45) is 0 Å². The monoisotopic (exact) mass is 393 g/mol. The van der Waals surface area contributed by atoms with Crippen molar-refractivity contribution in [3.05, 3.63) is 29.8 Å². The highest BCUT2D eigenvalue weighted by Crippen LogP contribution is 2.26. The summed E-state index contributed by atoms with van der Waals surface area (Å²) in [5, 5.41) is 11.4. The third kappa shape index (κ3) is 6.96. The van der Waals surface area contributed by atoms with Gasteiger partial charge < -0.3 is 10.1 Å². The molecule has 0 saturated heterocycles. The van der Waals surface area contributed by atoms with Gasteiger partial charge in [0.25, 0.3) is 0 Å². The zero-order chi connectivity index (χ0) is 19.0. The Morgan fingerprint density at radius 2 is 1.96 bits per heavy atom. The molecule has 0 unspecified atom stereocenters. The van der Waals surface area contributed by atoms with Crippen molar-refractivity contribution in [3.63, 3.8) is 0 Å². The lowest BCUT2D eigenvalue weighted by atomic mass is 9.87. The number of hydrogen-bond donors (Lipinski definition) is 1. The maximum atomic E-state index is 12.0. The fourth-order valence-corrected chi connectivity index (χ4v) is 3.86. The first kappa shape index (κ1) is 20.7. The molecule has 2 aromatic rings. The minimum absolute atomic E-state index is 0.0557. The molecule has 7 heteroatoms. The summed E-state index contributed by atoms with van der Waals surface area (Å²) in [5.74, 6) is 1.79. The fourth-order valence-electron chi connectivity index (χ4n) is 2.16. The van der Waals surface area contributed by atoms with E-state index < -0.39 is 0 Å². The molecule has 0 radical (unpaired) electrons. The molecule has 1 amide bonds. The highest BCUT2D eigenvalue weighted by atomic mass is 32.2. The second kappa shape index (κ2) is 9.92. The van der Waals surface area contributed by atoms with E-state index in [-0.39, 0.29) is 11.3 Å². The van der Waals surface area contributed by atoms with E-state index in [1.54, 1.807) is 11.8 Å². The van der Waals surface area contributed by atoms with Crippen LogP contribution in [-0.2, 0) is 10.2 Å². The van der Waals surface area contributed by atoms with Crippen LogP contribution in [0.1, 0.15) is 52.5 Å². The van der Waals surface area contributed by atoms with Gasteiger partial charge in [-0.1, -0.05) is 62.9 Å². The van der Waals surface area contributed by atoms with E-state index in [4.69, 9.17) is 4.74 Å². The maximum Gasteiger partial charge on any atom is 0.226 e. The Labute approximate surface area is 163 Å². The van der Waals surface area contributed by atoms with E-state index in [9.17, 15) is 4.79 Å². The summed E-state index contributed by atoms with van der Waals surface area (Å²) < 4.78 is 6.61. The zero-order valence-corrected chi connectivity index (χ0v) is 17.5. The second-order valence-electron chi connectivity index (χ2n) is 7.00. The van der Waals surface area contributed by atoms with Crippen LogP contribution in [0.5, 0.6) is 5.75 Å². The minimum atomic E-state index is -0.0557. The zero-order valence-electron chi connectivity index (χ0n) is 15.9. The molecule has 0 fully saturated rings. The van der Waals surface area contributed by atoms with Gasteiger partial charge in [-0.3, -0.25) is 4.79 Å². The van der Waals surface area contributed by atoms with Crippen LogP contribution in [0.2, 0.25) is 0 Å². The van der Waals surface area contributed by atoms with Crippen molar-refractivity contribution in [3.8, 4) is 5.75 Å². The van der Waals surface area contributed by atoms with Gasteiger partial charge in [0.05, 0.1) is 6.61 Å². The number of anilines is 1. The second-order valence-corrected chi connectivity index (χ2v) is 9.32. The van der Waals surface area contributed by atoms with Gasteiger partial charge in [-0.2, -0.15) is 0 Å². The molecule has 0 spiro atoms. The van der Waals surface area contributed by atoms with Crippen molar-refractivity contribution >= 4 is 34.1 Å². The van der Waals surface area contributed by atoms with Gasteiger partial charge >= 0.3 is 0 Å². The van der Waals surface area contributed by atoms with E-state index in [0.717, 1.165) is 22.3 Å². The molecule has 0 saturated carbocycles. The quantitative estimate of drug-likeness (QED) is 0.363. The van der Waals surface area contributed by atoms with Crippen molar-refractivity contribution in [1.82, 2.24) is 10.2 Å². The van der Waals surface area contributed by atoms with E-state index in [1.807, 2.05) is 12.1 Å². The van der Waals surface area contributed by atoms with E-state index in [2.05, 4.69) is 55.3 Å². The molecular weight excluding hydrogens is 366 g/mol. The molecule has 0 aliphatic rings. The lowest BCUT2D eigenvalue weighted by molar-refractivity contribution is -0.116. The summed E-state index contributed by atoms with van der Waals surface area (Å²) in [4.78, 5) is 12.0. The van der Waals surface area contributed by atoms with Gasteiger partial charge in [-0.25, -0.2) is 0 Å². The summed E-state index contributed by atoms with van der Waals surface area (Å²) >= 11 is 3.08. The van der Waals surface area contributed by atoms with Crippen molar-refractivity contribution in [2.75, 3.05) is 17.7 Å². The number of amides is 1. The lowest BCUT2D eigenvalue weighted by Gasteiger charge is -2.19. The Morgan fingerprint density at radius 1 is 1.23 bits per heavy atom. The number of thioether (sulfide) groups is 1. The molecular formula is C19H27N3O2S2. The van der Waals surface area contributed by atoms with Gasteiger partial charge in [0, 0.05) is 12.2 Å². The molecule has 0 aliphatic heterocycles. The smallest absolute Gasteiger partial charge is 0.226 e. The third-order valence-electron chi connectivity index (χ3n) is 3.62. The standard InChI is InChI=1S/C19H27N3O2S2/c1-5-13-25-18-22-21-17(26-18)20-16(23)7-6-12-24-15-10-8-14(9-11-15)19(2,3)4/h8-11H,5-7,12-13H2,1-4H3,(H,20,21,23). The Hall–Kier alpha value is -1.60. The van der Waals surface area contributed by atoms with E-state index in [1.165, 1.54) is 16.9 Å². The van der Waals surface area contributed by atoms with Gasteiger partial charge in [0.15, 0.2) is 4.34 Å². The largest absolute Gasteiger partial charge is 0.494 e. The van der Waals surface area contributed by atoms with Crippen LogP contribution in [0.25, 0.3) is 0 Å². The molecule has 0 bridgehead atoms. The predicted molar refractivity (Wildman–Crippen MR) is 109 cm³/mol. The highest BCUT2D eigenvalue weighted by Gasteiger charge is 2.13. The summed E-state index contributed by atoms with van der Waals surface area (Å²) in [6.07, 6.45) is 2.14. The van der Waals surface area contributed by atoms with Crippen LogP contribution >= 0.6 is 23.1 Å². The molecule has 1 N–H and O–H groups in total. The summed E-state index contributed by atoms with van der Waals surface area (Å²) in [6, 6.07) is 8.14. The van der Waals surface area contributed by atoms with Gasteiger partial charge in [0.2, 0.25) is 11.0 Å².